The summed E-state index contributed by atoms with van der Waals surface area (Å²) in [6.45, 7) is 3.34. The molecule has 2 aliphatic rings. The fourth-order valence-corrected chi connectivity index (χ4v) is 4.88. The first-order valence-corrected chi connectivity index (χ1v) is 12.0. The maximum Gasteiger partial charge on any atom is 0.338 e. The molecule has 1 N–H and O–H groups in total. The summed E-state index contributed by atoms with van der Waals surface area (Å²) in [6, 6.07) is 19.3. The molecule has 0 saturated carbocycles. The van der Waals surface area contributed by atoms with E-state index in [2.05, 4.69) is 11.4 Å². The second-order valence-corrected chi connectivity index (χ2v) is 9.19. The number of hydrogen-bond donors (Lipinski definition) is 1. The standard InChI is InChI=1S/C29H26N2O5/c1-17-8-3-6-13-25(17)31-27(33)22-15-14-20(16-23(22)28(31)34)29(35)36-18(2)26(32)30-24-12-7-10-19-9-4-5-11-21(19)24/h3-6,8-9,11,13-16,18,24H,7,10,12H2,1-2H3,(H,30,32). The molecule has 1 aliphatic heterocycles. The molecule has 0 aromatic heterocycles. The summed E-state index contributed by atoms with van der Waals surface area (Å²) in [5, 5.41) is 2.99. The average molecular weight is 483 g/mol. The van der Waals surface area contributed by atoms with Gasteiger partial charge in [-0.05, 0) is 74.1 Å². The molecule has 0 saturated heterocycles. The number of carbonyl (C=O) groups excluding carboxylic acids is 4. The third-order valence-electron chi connectivity index (χ3n) is 6.82. The largest absolute Gasteiger partial charge is 0.449 e. The number of nitrogens with one attached hydrogen (secondary N) is 1. The predicted molar refractivity (Wildman–Crippen MR) is 134 cm³/mol. The van der Waals surface area contributed by atoms with Crippen LogP contribution in [0.3, 0.4) is 0 Å². The molecular weight excluding hydrogens is 456 g/mol. The Kier molecular flexibility index (Phi) is 6.14. The monoisotopic (exact) mass is 482 g/mol. The highest BCUT2D eigenvalue weighted by Crippen LogP contribution is 2.32. The van der Waals surface area contributed by atoms with Crippen molar-refractivity contribution in [1.29, 1.82) is 0 Å². The smallest absolute Gasteiger partial charge is 0.338 e. The van der Waals surface area contributed by atoms with Crippen molar-refractivity contribution in [3.8, 4) is 0 Å². The zero-order valence-corrected chi connectivity index (χ0v) is 20.1. The molecule has 2 atom stereocenters. The van der Waals surface area contributed by atoms with E-state index < -0.39 is 23.9 Å². The lowest BCUT2D eigenvalue weighted by atomic mass is 9.87. The first kappa shape index (κ1) is 23.5. The second-order valence-electron chi connectivity index (χ2n) is 9.19. The van der Waals surface area contributed by atoms with E-state index in [9.17, 15) is 19.2 Å². The molecule has 0 spiro atoms. The SMILES string of the molecule is Cc1ccccc1N1C(=O)c2ccc(C(=O)OC(C)C(=O)NC3CCCc4ccccc43)cc2C1=O. The van der Waals surface area contributed by atoms with Gasteiger partial charge in [-0.1, -0.05) is 42.5 Å². The molecule has 182 valence electrons. The van der Waals surface area contributed by atoms with Gasteiger partial charge in [-0.2, -0.15) is 0 Å². The van der Waals surface area contributed by atoms with Crippen LogP contribution in [0.25, 0.3) is 0 Å². The molecular formula is C29H26N2O5. The molecule has 36 heavy (non-hydrogen) atoms. The van der Waals surface area contributed by atoms with Crippen molar-refractivity contribution in [2.24, 2.45) is 0 Å². The van der Waals surface area contributed by atoms with Gasteiger partial charge in [0.15, 0.2) is 6.10 Å². The maximum absolute atomic E-state index is 13.1. The Hall–Kier alpha value is -4.26. The molecule has 3 aromatic rings. The zero-order valence-electron chi connectivity index (χ0n) is 20.1. The third kappa shape index (κ3) is 4.17. The molecule has 1 aliphatic carbocycles. The number of fused-ring (bicyclic) bond motifs is 2. The van der Waals surface area contributed by atoms with Gasteiger partial charge in [0, 0.05) is 0 Å². The number of esters is 1. The van der Waals surface area contributed by atoms with E-state index >= 15 is 0 Å². The van der Waals surface area contributed by atoms with Crippen LogP contribution in [0.1, 0.15) is 73.6 Å². The summed E-state index contributed by atoms with van der Waals surface area (Å²) in [7, 11) is 0. The third-order valence-corrected chi connectivity index (χ3v) is 6.82. The number of carbonyl (C=O) groups is 4. The number of amides is 3. The number of aryl methyl sites for hydroxylation is 2. The Balaban J connectivity index is 1.29. The van der Waals surface area contributed by atoms with Gasteiger partial charge in [-0.3, -0.25) is 14.4 Å². The fourth-order valence-electron chi connectivity index (χ4n) is 4.88. The summed E-state index contributed by atoms with van der Waals surface area (Å²) in [4.78, 5) is 52.8. The molecule has 7 heteroatoms. The molecule has 0 radical (unpaired) electrons. The second kappa shape index (κ2) is 9.41. The summed E-state index contributed by atoms with van der Waals surface area (Å²) in [5.41, 5.74) is 4.06. The Bertz CT molecular complexity index is 1400. The lowest BCUT2D eigenvalue weighted by Gasteiger charge is -2.27. The van der Waals surface area contributed by atoms with Crippen molar-refractivity contribution in [2.75, 3.05) is 4.90 Å². The van der Waals surface area contributed by atoms with E-state index in [0.717, 1.165) is 35.3 Å². The lowest BCUT2D eigenvalue weighted by Crippen LogP contribution is -2.39. The Morgan fingerprint density at radius 2 is 1.69 bits per heavy atom. The van der Waals surface area contributed by atoms with Crippen LogP contribution in [0.5, 0.6) is 0 Å². The summed E-state index contributed by atoms with van der Waals surface area (Å²) < 4.78 is 5.42. The van der Waals surface area contributed by atoms with Gasteiger partial charge in [0.1, 0.15) is 0 Å². The first-order chi connectivity index (χ1) is 17.3. The zero-order chi connectivity index (χ0) is 25.4. The Morgan fingerprint density at radius 1 is 0.972 bits per heavy atom. The minimum atomic E-state index is -1.03. The predicted octanol–water partition coefficient (Wildman–Crippen LogP) is 4.53. The van der Waals surface area contributed by atoms with Crippen LogP contribution in [0, 0.1) is 6.92 Å². The van der Waals surface area contributed by atoms with Crippen LogP contribution in [0.4, 0.5) is 5.69 Å². The average Bonchev–Trinajstić information content (AvgIpc) is 3.13. The van der Waals surface area contributed by atoms with E-state index in [1.165, 1.54) is 30.7 Å². The van der Waals surface area contributed by atoms with Crippen molar-refractivity contribution in [3.63, 3.8) is 0 Å². The molecule has 2 unspecified atom stereocenters. The van der Waals surface area contributed by atoms with Gasteiger partial charge in [0.2, 0.25) is 0 Å². The van der Waals surface area contributed by atoms with E-state index in [1.807, 2.05) is 37.3 Å². The van der Waals surface area contributed by atoms with Crippen LogP contribution >= 0.6 is 0 Å². The summed E-state index contributed by atoms with van der Waals surface area (Å²) in [6.07, 6.45) is 1.74. The van der Waals surface area contributed by atoms with Gasteiger partial charge in [-0.15, -0.1) is 0 Å². The minimum Gasteiger partial charge on any atom is -0.449 e. The lowest BCUT2D eigenvalue weighted by molar-refractivity contribution is -0.130. The van der Waals surface area contributed by atoms with E-state index in [1.54, 1.807) is 12.1 Å². The van der Waals surface area contributed by atoms with Gasteiger partial charge >= 0.3 is 5.97 Å². The molecule has 5 rings (SSSR count). The van der Waals surface area contributed by atoms with Crippen molar-refractivity contribution in [3.05, 3.63) is 100 Å². The number of ether oxygens (including phenoxy) is 1. The van der Waals surface area contributed by atoms with Crippen molar-refractivity contribution >= 4 is 29.4 Å². The molecule has 1 heterocycles. The molecule has 3 amide bonds. The Morgan fingerprint density at radius 3 is 2.50 bits per heavy atom. The van der Waals surface area contributed by atoms with Crippen molar-refractivity contribution < 1.29 is 23.9 Å². The normalized spacial score (nSPS) is 17.3. The summed E-state index contributed by atoms with van der Waals surface area (Å²) >= 11 is 0. The molecule has 3 aromatic carbocycles. The van der Waals surface area contributed by atoms with Gasteiger partial charge in [-0.25, -0.2) is 9.69 Å². The van der Waals surface area contributed by atoms with Crippen LogP contribution in [0.15, 0.2) is 66.7 Å². The summed E-state index contributed by atoms with van der Waals surface area (Å²) in [5.74, 6) is -2.06. The first-order valence-electron chi connectivity index (χ1n) is 12.0. The molecule has 0 bridgehead atoms. The van der Waals surface area contributed by atoms with E-state index in [0.29, 0.717) is 5.69 Å². The van der Waals surface area contributed by atoms with Gasteiger partial charge in [0.05, 0.1) is 28.4 Å². The topological polar surface area (TPSA) is 92.8 Å². The van der Waals surface area contributed by atoms with E-state index in [-0.39, 0.29) is 28.6 Å². The molecule has 7 nitrogen and oxygen atoms in total. The van der Waals surface area contributed by atoms with Crippen molar-refractivity contribution in [2.45, 2.75) is 45.3 Å². The quantitative estimate of drug-likeness (QED) is 0.426. The number of rotatable bonds is 5. The van der Waals surface area contributed by atoms with Crippen LogP contribution in [0.2, 0.25) is 0 Å². The van der Waals surface area contributed by atoms with Crippen LogP contribution in [-0.4, -0.2) is 29.8 Å². The van der Waals surface area contributed by atoms with Gasteiger partial charge in [0.25, 0.3) is 17.7 Å². The van der Waals surface area contributed by atoms with E-state index in [4.69, 9.17) is 4.74 Å². The number of para-hydroxylation sites is 1. The highest BCUT2D eigenvalue weighted by atomic mass is 16.5. The number of hydrogen-bond acceptors (Lipinski definition) is 5. The molecule has 0 fully saturated rings. The highest BCUT2D eigenvalue weighted by Gasteiger charge is 2.38. The maximum atomic E-state index is 13.1. The number of benzene rings is 3. The minimum absolute atomic E-state index is 0.101. The number of nitrogens with zero attached hydrogens (tertiary/aromatic N) is 1. The van der Waals surface area contributed by atoms with Crippen LogP contribution in [-0.2, 0) is 16.0 Å². The number of imide groups is 1. The fraction of sp³-hybridized carbons (Fsp3) is 0.241. The van der Waals surface area contributed by atoms with Crippen LogP contribution < -0.4 is 10.2 Å². The Labute approximate surface area is 209 Å². The van der Waals surface area contributed by atoms with Crippen molar-refractivity contribution in [1.82, 2.24) is 5.32 Å². The highest BCUT2D eigenvalue weighted by molar-refractivity contribution is 6.34. The van der Waals surface area contributed by atoms with Gasteiger partial charge < -0.3 is 10.1 Å². The number of anilines is 1.